The zero-order valence-corrected chi connectivity index (χ0v) is 12.6. The first-order chi connectivity index (χ1) is 10.4. The Hall–Kier alpha value is -1.80. The summed E-state index contributed by atoms with van der Waals surface area (Å²) >= 11 is 0. The molecular formula is C19H23NO. The van der Waals surface area contributed by atoms with E-state index in [0.717, 1.165) is 18.7 Å². The van der Waals surface area contributed by atoms with E-state index in [-0.39, 0.29) is 0 Å². The topological polar surface area (TPSA) is 21.3 Å². The second-order valence-electron chi connectivity index (χ2n) is 5.68. The minimum atomic E-state index is 0.531. The third-order valence-corrected chi connectivity index (χ3v) is 4.08. The maximum absolute atomic E-state index is 5.91. The second-order valence-corrected chi connectivity index (χ2v) is 5.68. The molecule has 3 rings (SSSR count). The van der Waals surface area contributed by atoms with E-state index in [0.29, 0.717) is 12.6 Å². The highest BCUT2D eigenvalue weighted by atomic mass is 16.5. The van der Waals surface area contributed by atoms with Crippen LogP contribution in [0.25, 0.3) is 0 Å². The minimum Gasteiger partial charge on any atom is -0.489 e. The van der Waals surface area contributed by atoms with Gasteiger partial charge < -0.3 is 10.1 Å². The van der Waals surface area contributed by atoms with Gasteiger partial charge in [-0.15, -0.1) is 0 Å². The molecule has 1 atom stereocenters. The maximum atomic E-state index is 5.91. The van der Waals surface area contributed by atoms with Crippen molar-refractivity contribution in [3.63, 3.8) is 0 Å². The minimum absolute atomic E-state index is 0.531. The van der Waals surface area contributed by atoms with Gasteiger partial charge in [0.1, 0.15) is 12.4 Å². The van der Waals surface area contributed by atoms with E-state index >= 15 is 0 Å². The molecule has 2 heteroatoms. The predicted octanol–water partition coefficient (Wildman–Crippen LogP) is 4.25. The molecule has 0 heterocycles. The molecule has 0 aliphatic heterocycles. The van der Waals surface area contributed by atoms with Crippen molar-refractivity contribution < 1.29 is 4.74 Å². The van der Waals surface area contributed by atoms with Gasteiger partial charge in [-0.3, -0.25) is 0 Å². The zero-order chi connectivity index (χ0) is 14.5. The largest absolute Gasteiger partial charge is 0.489 e. The van der Waals surface area contributed by atoms with Gasteiger partial charge in [0.2, 0.25) is 0 Å². The molecule has 0 fully saturated rings. The summed E-state index contributed by atoms with van der Waals surface area (Å²) in [5, 5.41) is 3.62. The van der Waals surface area contributed by atoms with Crippen LogP contribution >= 0.6 is 0 Å². The molecule has 0 saturated carbocycles. The van der Waals surface area contributed by atoms with E-state index in [4.69, 9.17) is 4.74 Å². The highest BCUT2D eigenvalue weighted by Gasteiger charge is 2.21. The number of hydrogen-bond donors (Lipinski definition) is 1. The first kappa shape index (κ1) is 14.2. The van der Waals surface area contributed by atoms with Crippen molar-refractivity contribution in [1.82, 2.24) is 5.32 Å². The molecule has 21 heavy (non-hydrogen) atoms. The number of benzene rings is 2. The molecule has 1 unspecified atom stereocenters. The van der Waals surface area contributed by atoms with Crippen LogP contribution in [-0.4, -0.2) is 6.54 Å². The lowest BCUT2D eigenvalue weighted by Crippen LogP contribution is -2.19. The van der Waals surface area contributed by atoms with Crippen molar-refractivity contribution in [3.05, 3.63) is 65.2 Å². The molecular weight excluding hydrogens is 258 g/mol. The van der Waals surface area contributed by atoms with E-state index in [9.17, 15) is 0 Å². The number of hydrogen-bond acceptors (Lipinski definition) is 2. The lowest BCUT2D eigenvalue weighted by atomic mass is 10.1. The standard InChI is InChI=1S/C19H23NO/c1-2-12-20-19-11-8-16-13-17(9-10-18(16)19)21-14-15-6-4-3-5-7-15/h3-7,9-10,13,19-20H,2,8,11-12,14H2,1H3. The van der Waals surface area contributed by atoms with Gasteiger partial charge >= 0.3 is 0 Å². The van der Waals surface area contributed by atoms with Gasteiger partial charge in [-0.2, -0.15) is 0 Å². The molecule has 0 amide bonds. The molecule has 1 N–H and O–H groups in total. The van der Waals surface area contributed by atoms with Crippen molar-refractivity contribution in [1.29, 1.82) is 0 Å². The van der Waals surface area contributed by atoms with Crippen LogP contribution in [0.15, 0.2) is 48.5 Å². The van der Waals surface area contributed by atoms with Crippen LogP contribution in [0.4, 0.5) is 0 Å². The van der Waals surface area contributed by atoms with E-state index in [1.807, 2.05) is 18.2 Å². The molecule has 1 aliphatic carbocycles. The Morgan fingerprint density at radius 1 is 1.14 bits per heavy atom. The van der Waals surface area contributed by atoms with E-state index in [1.165, 1.54) is 29.5 Å². The highest BCUT2D eigenvalue weighted by Crippen LogP contribution is 2.33. The van der Waals surface area contributed by atoms with Gasteiger partial charge in [0.25, 0.3) is 0 Å². The fourth-order valence-corrected chi connectivity index (χ4v) is 2.96. The van der Waals surface area contributed by atoms with Gasteiger partial charge in [0, 0.05) is 6.04 Å². The van der Waals surface area contributed by atoms with Crippen LogP contribution in [0.1, 0.15) is 42.5 Å². The summed E-state index contributed by atoms with van der Waals surface area (Å²) in [6.07, 6.45) is 3.54. The Bertz CT molecular complexity index is 579. The smallest absolute Gasteiger partial charge is 0.120 e. The normalized spacial score (nSPS) is 16.7. The SMILES string of the molecule is CCCNC1CCc2cc(OCc3ccccc3)ccc21. The van der Waals surface area contributed by atoms with Gasteiger partial charge in [-0.1, -0.05) is 43.3 Å². The Labute approximate surface area is 127 Å². The van der Waals surface area contributed by atoms with E-state index in [2.05, 4.69) is 42.6 Å². The summed E-state index contributed by atoms with van der Waals surface area (Å²) in [4.78, 5) is 0. The molecule has 0 saturated heterocycles. The first-order valence-electron chi connectivity index (χ1n) is 7.89. The van der Waals surface area contributed by atoms with Crippen LogP contribution in [0.3, 0.4) is 0 Å². The molecule has 0 spiro atoms. The zero-order valence-electron chi connectivity index (χ0n) is 12.6. The third-order valence-electron chi connectivity index (χ3n) is 4.08. The molecule has 110 valence electrons. The van der Waals surface area contributed by atoms with Crippen LogP contribution < -0.4 is 10.1 Å². The van der Waals surface area contributed by atoms with Gasteiger partial charge in [0.05, 0.1) is 0 Å². The molecule has 2 aromatic rings. The van der Waals surface area contributed by atoms with Crippen LogP contribution in [0.5, 0.6) is 5.75 Å². The molecule has 2 nitrogen and oxygen atoms in total. The van der Waals surface area contributed by atoms with Crippen LogP contribution in [0, 0.1) is 0 Å². The Balaban J connectivity index is 1.64. The second kappa shape index (κ2) is 6.77. The number of nitrogens with one attached hydrogen (secondary N) is 1. The van der Waals surface area contributed by atoms with Crippen molar-refractivity contribution >= 4 is 0 Å². The molecule has 0 radical (unpaired) electrons. The van der Waals surface area contributed by atoms with Crippen LogP contribution in [0.2, 0.25) is 0 Å². The summed E-state index contributed by atoms with van der Waals surface area (Å²) in [6, 6.07) is 17.4. The summed E-state index contributed by atoms with van der Waals surface area (Å²) in [7, 11) is 0. The average Bonchev–Trinajstić information content (AvgIpc) is 2.94. The van der Waals surface area contributed by atoms with Gasteiger partial charge in [-0.25, -0.2) is 0 Å². The maximum Gasteiger partial charge on any atom is 0.120 e. The summed E-state index contributed by atoms with van der Waals surface area (Å²) in [5.41, 5.74) is 4.10. The van der Waals surface area contributed by atoms with Crippen molar-refractivity contribution in [2.45, 2.75) is 38.8 Å². The Kier molecular flexibility index (Phi) is 4.56. The fraction of sp³-hybridized carbons (Fsp3) is 0.368. The van der Waals surface area contributed by atoms with Gasteiger partial charge in [0.15, 0.2) is 0 Å². The summed E-state index contributed by atoms with van der Waals surface area (Å²) in [5.74, 6) is 0.980. The number of ether oxygens (including phenoxy) is 1. The summed E-state index contributed by atoms with van der Waals surface area (Å²) in [6.45, 7) is 3.94. The predicted molar refractivity (Wildman–Crippen MR) is 86.6 cm³/mol. The van der Waals surface area contributed by atoms with E-state index in [1.54, 1.807) is 0 Å². The van der Waals surface area contributed by atoms with E-state index < -0.39 is 0 Å². The van der Waals surface area contributed by atoms with Crippen molar-refractivity contribution in [2.24, 2.45) is 0 Å². The Morgan fingerprint density at radius 2 is 2.00 bits per heavy atom. The average molecular weight is 281 g/mol. The van der Waals surface area contributed by atoms with Gasteiger partial charge in [-0.05, 0) is 54.6 Å². The third kappa shape index (κ3) is 3.45. The lowest BCUT2D eigenvalue weighted by molar-refractivity contribution is 0.306. The fourth-order valence-electron chi connectivity index (χ4n) is 2.96. The number of fused-ring (bicyclic) bond motifs is 1. The Morgan fingerprint density at radius 3 is 2.81 bits per heavy atom. The quantitative estimate of drug-likeness (QED) is 0.854. The number of rotatable bonds is 6. The molecule has 0 aromatic heterocycles. The molecule has 2 aromatic carbocycles. The lowest BCUT2D eigenvalue weighted by Gasteiger charge is -2.14. The summed E-state index contributed by atoms with van der Waals surface area (Å²) < 4.78 is 5.91. The highest BCUT2D eigenvalue weighted by molar-refractivity contribution is 5.40. The van der Waals surface area contributed by atoms with Crippen molar-refractivity contribution in [3.8, 4) is 5.75 Å². The molecule has 0 bridgehead atoms. The molecule has 1 aliphatic rings. The monoisotopic (exact) mass is 281 g/mol. The van der Waals surface area contributed by atoms with Crippen molar-refractivity contribution in [2.75, 3.05) is 6.54 Å². The van der Waals surface area contributed by atoms with Crippen LogP contribution in [-0.2, 0) is 13.0 Å². The first-order valence-corrected chi connectivity index (χ1v) is 7.89. The number of aryl methyl sites for hydroxylation is 1.